The maximum Gasteiger partial charge on any atom is 0.397 e. The van der Waals surface area contributed by atoms with Crippen molar-refractivity contribution in [2.24, 2.45) is 24.1 Å². The Balaban J connectivity index is 1.65. The number of anilines is 1. The van der Waals surface area contributed by atoms with Gasteiger partial charge in [0, 0.05) is 37.5 Å². The minimum Gasteiger partial charge on any atom is -0.476 e. The molecule has 0 aromatic carbocycles. The van der Waals surface area contributed by atoms with Gasteiger partial charge in [-0.1, -0.05) is 6.92 Å². The van der Waals surface area contributed by atoms with Crippen LogP contribution < -0.4 is 15.4 Å². The molecule has 3 aromatic rings. The van der Waals surface area contributed by atoms with Gasteiger partial charge in [0.25, 0.3) is 5.91 Å². The highest BCUT2D eigenvalue weighted by molar-refractivity contribution is 7.91. The number of aryl methyl sites for hydroxylation is 1. The third-order valence-corrected chi connectivity index (χ3v) is 9.93. The molecule has 4 heterocycles. The van der Waals surface area contributed by atoms with E-state index in [0.717, 1.165) is 6.42 Å². The Labute approximate surface area is 235 Å². The van der Waals surface area contributed by atoms with E-state index in [2.05, 4.69) is 15.2 Å². The van der Waals surface area contributed by atoms with Gasteiger partial charge in [-0.2, -0.15) is 18.3 Å². The smallest absolute Gasteiger partial charge is 0.397 e. The van der Waals surface area contributed by atoms with Crippen LogP contribution in [0.5, 0.6) is 5.88 Å². The van der Waals surface area contributed by atoms with Gasteiger partial charge in [0.05, 0.1) is 16.8 Å². The van der Waals surface area contributed by atoms with Crippen molar-refractivity contribution in [2.45, 2.75) is 68.5 Å². The zero-order valence-corrected chi connectivity index (χ0v) is 24.2. The minimum absolute atomic E-state index is 0.0181. The van der Waals surface area contributed by atoms with E-state index in [0.29, 0.717) is 12.2 Å². The normalized spacial score (nSPS) is 19.9. The number of nitrogens with two attached hydrogens (primary N) is 1. The first kappa shape index (κ1) is 28.9. The molecule has 1 saturated heterocycles. The predicted molar refractivity (Wildman–Crippen MR) is 142 cm³/mol. The number of hydrogen-bond donors (Lipinski definition) is 1. The van der Waals surface area contributed by atoms with Crippen LogP contribution in [0.1, 0.15) is 56.1 Å². The summed E-state index contributed by atoms with van der Waals surface area (Å²) in [6.45, 7) is 7.46. The number of primary amides is 1. The molecule has 2 N–H and O–H groups in total. The van der Waals surface area contributed by atoms with Gasteiger partial charge >= 0.3 is 6.18 Å². The molecule has 1 amide bonds. The van der Waals surface area contributed by atoms with Gasteiger partial charge in [-0.05, 0) is 46.0 Å². The molecule has 1 aliphatic heterocycles. The summed E-state index contributed by atoms with van der Waals surface area (Å²) in [6.07, 6.45) is -1.07. The number of carbonyl (C=O) groups excluding carboxylic acids is 1. The number of carbonyl (C=O) groups is 1. The summed E-state index contributed by atoms with van der Waals surface area (Å²) < 4.78 is 76.1. The second-order valence-corrected chi connectivity index (χ2v) is 13.5. The Kier molecular flexibility index (Phi) is 6.67. The maximum atomic E-state index is 14.0. The van der Waals surface area contributed by atoms with E-state index in [1.165, 1.54) is 33.9 Å². The van der Waals surface area contributed by atoms with E-state index in [-0.39, 0.29) is 51.6 Å². The van der Waals surface area contributed by atoms with Crippen molar-refractivity contribution in [3.8, 4) is 11.7 Å². The number of hydrogen-bond acceptors (Lipinski definition) is 8. The van der Waals surface area contributed by atoms with Gasteiger partial charge in [-0.3, -0.25) is 9.48 Å². The van der Waals surface area contributed by atoms with Crippen molar-refractivity contribution in [3.05, 3.63) is 35.8 Å². The standard InChI is InChI=1S/C26H32F3N7O4S/c1-15-11-24(3,4)35(13-15)23-21(22(30)37)17(41(38,39)18-12-31-34(5)16(18)2)10-19(32-23)36-9-6-20(33-36)40-14-25(7-8-25)26(27,28)29/h6,9-10,12,15H,7-8,11,13-14H2,1-5H3,(H2,30,37)/t15-/m0/s1. The SMILES string of the molecule is Cc1c(S(=O)(=O)c2cc(-n3ccc(OCC4(C(F)(F)F)CC4)n3)nc(N3C[C@@H](C)CC3(C)C)c2C(N)=O)cnn1C. The largest absolute Gasteiger partial charge is 0.476 e. The molecular weight excluding hydrogens is 563 g/mol. The topological polar surface area (TPSA) is 138 Å². The van der Waals surface area contributed by atoms with Crippen LogP contribution in [0.25, 0.3) is 5.82 Å². The number of rotatable bonds is 8. The van der Waals surface area contributed by atoms with Crippen LogP contribution in [0.4, 0.5) is 19.0 Å². The van der Waals surface area contributed by atoms with Crippen LogP contribution in [0, 0.1) is 18.3 Å². The number of pyridine rings is 1. The summed E-state index contributed by atoms with van der Waals surface area (Å²) >= 11 is 0. The first-order chi connectivity index (χ1) is 19.0. The first-order valence-electron chi connectivity index (χ1n) is 13.1. The summed E-state index contributed by atoms with van der Waals surface area (Å²) in [7, 11) is -2.74. The van der Waals surface area contributed by atoms with Crippen LogP contribution in [-0.2, 0) is 16.9 Å². The summed E-state index contributed by atoms with van der Waals surface area (Å²) in [4.78, 5) is 18.9. The lowest BCUT2D eigenvalue weighted by atomic mass is 9.97. The van der Waals surface area contributed by atoms with Crippen molar-refractivity contribution in [1.82, 2.24) is 24.5 Å². The molecule has 1 aliphatic carbocycles. The molecule has 1 saturated carbocycles. The van der Waals surface area contributed by atoms with Crippen LogP contribution >= 0.6 is 0 Å². The zero-order chi connectivity index (χ0) is 30.1. The van der Waals surface area contributed by atoms with E-state index < -0.39 is 39.5 Å². The molecule has 3 aromatic heterocycles. The van der Waals surface area contributed by atoms with Crippen LogP contribution in [0.2, 0.25) is 0 Å². The number of nitrogens with zero attached hydrogens (tertiary/aromatic N) is 6. The number of ether oxygens (including phenoxy) is 1. The maximum absolute atomic E-state index is 14.0. The van der Waals surface area contributed by atoms with Gasteiger partial charge in [0.2, 0.25) is 15.7 Å². The molecule has 41 heavy (non-hydrogen) atoms. The van der Waals surface area contributed by atoms with Crippen LogP contribution in [0.3, 0.4) is 0 Å². The van der Waals surface area contributed by atoms with E-state index in [9.17, 15) is 26.4 Å². The summed E-state index contributed by atoms with van der Waals surface area (Å²) in [5, 5.41) is 8.27. The Bertz CT molecular complexity index is 1620. The molecule has 0 unspecified atom stereocenters. The van der Waals surface area contributed by atoms with Crippen LogP contribution in [-0.4, -0.2) is 63.7 Å². The van der Waals surface area contributed by atoms with Crippen molar-refractivity contribution in [3.63, 3.8) is 0 Å². The fourth-order valence-corrected chi connectivity index (χ4v) is 7.12. The second kappa shape index (κ2) is 9.46. The van der Waals surface area contributed by atoms with Gasteiger partial charge < -0.3 is 15.4 Å². The quantitative estimate of drug-likeness (QED) is 0.417. The molecule has 222 valence electrons. The molecule has 0 spiro atoms. The molecule has 11 nitrogen and oxygen atoms in total. The molecule has 2 fully saturated rings. The zero-order valence-electron chi connectivity index (χ0n) is 23.4. The molecule has 5 rings (SSSR count). The lowest BCUT2D eigenvalue weighted by molar-refractivity contribution is -0.194. The second-order valence-electron chi connectivity index (χ2n) is 11.7. The Morgan fingerprint density at radius 2 is 1.93 bits per heavy atom. The molecule has 0 radical (unpaired) electrons. The Morgan fingerprint density at radius 3 is 2.44 bits per heavy atom. The first-order valence-corrected chi connectivity index (χ1v) is 14.6. The molecular formula is C26H32F3N7O4S. The van der Waals surface area contributed by atoms with Gasteiger partial charge in [0.15, 0.2) is 5.82 Å². The van der Waals surface area contributed by atoms with Gasteiger partial charge in [-0.25, -0.2) is 18.1 Å². The summed E-state index contributed by atoms with van der Waals surface area (Å²) in [5.41, 5.74) is 3.53. The number of halogens is 3. The molecule has 1 atom stereocenters. The monoisotopic (exact) mass is 595 g/mol. The lowest BCUT2D eigenvalue weighted by Gasteiger charge is -2.34. The van der Waals surface area contributed by atoms with Crippen molar-refractivity contribution in [2.75, 3.05) is 18.1 Å². The Morgan fingerprint density at radius 1 is 1.24 bits per heavy atom. The average molecular weight is 596 g/mol. The predicted octanol–water partition coefficient (Wildman–Crippen LogP) is 3.59. The highest BCUT2D eigenvalue weighted by Crippen LogP contribution is 2.57. The van der Waals surface area contributed by atoms with Gasteiger partial charge in [0.1, 0.15) is 28.3 Å². The van der Waals surface area contributed by atoms with E-state index >= 15 is 0 Å². The van der Waals surface area contributed by atoms with E-state index in [1.54, 1.807) is 14.0 Å². The van der Waals surface area contributed by atoms with Crippen molar-refractivity contribution >= 4 is 21.6 Å². The third kappa shape index (κ3) is 4.93. The van der Waals surface area contributed by atoms with Gasteiger partial charge in [-0.15, -0.1) is 5.10 Å². The van der Waals surface area contributed by atoms with Crippen LogP contribution in [0.15, 0.2) is 34.3 Å². The number of sulfone groups is 1. The highest BCUT2D eigenvalue weighted by Gasteiger charge is 2.64. The highest BCUT2D eigenvalue weighted by atomic mass is 32.2. The fraction of sp³-hybridized carbons (Fsp3) is 0.538. The summed E-state index contributed by atoms with van der Waals surface area (Å²) in [5.74, 6) is -0.736. The minimum atomic E-state index is -4.38. The lowest BCUT2D eigenvalue weighted by Crippen LogP contribution is -2.40. The molecule has 15 heteroatoms. The number of aromatic nitrogens is 5. The van der Waals surface area contributed by atoms with E-state index in [4.69, 9.17) is 10.5 Å². The average Bonchev–Trinajstić information content (AvgIpc) is 3.27. The third-order valence-electron chi connectivity index (χ3n) is 8.05. The molecule has 0 bridgehead atoms. The number of alkyl halides is 3. The van der Waals surface area contributed by atoms with Crippen molar-refractivity contribution in [1.29, 1.82) is 0 Å². The number of amides is 1. The van der Waals surface area contributed by atoms with Crippen molar-refractivity contribution < 1.29 is 31.1 Å². The summed E-state index contributed by atoms with van der Waals surface area (Å²) in [6, 6.07) is 2.56. The molecule has 2 aliphatic rings. The fourth-order valence-electron chi connectivity index (χ4n) is 5.46. The Hall–Kier alpha value is -3.62. The van der Waals surface area contributed by atoms with E-state index in [1.807, 2.05) is 25.7 Å².